The Bertz CT molecular complexity index is 1510. The molecule has 0 amide bonds. The molecule has 71 heavy (non-hydrogen) atoms. The summed E-state index contributed by atoms with van der Waals surface area (Å²) in [6.07, 6.45) is 46.0. The van der Waals surface area contributed by atoms with Gasteiger partial charge in [0.2, 0.25) is 0 Å². The summed E-state index contributed by atoms with van der Waals surface area (Å²) in [6, 6.07) is 0. The quantitative estimate of drug-likeness (QED) is 0.0228. The van der Waals surface area contributed by atoms with Gasteiger partial charge < -0.3 is 39.0 Å². The van der Waals surface area contributed by atoms with Crippen molar-refractivity contribution in [2.24, 2.45) is 0 Å². The fraction of sp³-hybridized carbons (Fsp3) is 0.729. The molecule has 1 rings (SSSR count). The number of carboxylic acids is 1. The molecule has 0 saturated carbocycles. The lowest BCUT2D eigenvalue weighted by molar-refractivity contribution is -0.301. The third-order valence-corrected chi connectivity index (χ3v) is 12.3. The fourth-order valence-corrected chi connectivity index (χ4v) is 7.98. The van der Waals surface area contributed by atoms with Crippen molar-refractivity contribution in [2.45, 2.75) is 263 Å². The van der Waals surface area contributed by atoms with Crippen molar-refractivity contribution in [1.82, 2.24) is 0 Å². The number of aliphatic hydroxyl groups is 2. The summed E-state index contributed by atoms with van der Waals surface area (Å²) >= 11 is 0. The van der Waals surface area contributed by atoms with Gasteiger partial charge in [0, 0.05) is 19.3 Å². The van der Waals surface area contributed by atoms with Crippen molar-refractivity contribution in [2.75, 3.05) is 13.2 Å². The second kappa shape index (κ2) is 47.2. The highest BCUT2D eigenvalue weighted by Crippen LogP contribution is 2.26. The smallest absolute Gasteiger partial charge is 0.335 e. The number of aliphatic hydroxyl groups excluding tert-OH is 2. The topological polar surface area (TPSA) is 175 Å². The minimum atomic E-state index is -1.91. The maximum absolute atomic E-state index is 13.0. The molecule has 12 heteroatoms. The van der Waals surface area contributed by atoms with E-state index in [4.69, 9.17) is 23.7 Å². The summed E-state index contributed by atoms with van der Waals surface area (Å²) in [5.41, 5.74) is 0. The van der Waals surface area contributed by atoms with Crippen LogP contribution in [-0.4, -0.2) is 89.2 Å². The Balaban J connectivity index is 2.70. The van der Waals surface area contributed by atoms with Crippen molar-refractivity contribution in [3.8, 4) is 0 Å². The number of rotatable bonds is 46. The molecular formula is C59H98O12. The largest absolute Gasteiger partial charge is 0.479 e. The highest BCUT2D eigenvalue weighted by atomic mass is 16.7. The first-order chi connectivity index (χ1) is 34.6. The number of allylic oxidation sites excluding steroid dienone is 12. The summed E-state index contributed by atoms with van der Waals surface area (Å²) in [5.74, 6) is -3.19. The van der Waals surface area contributed by atoms with Gasteiger partial charge in [-0.25, -0.2) is 4.79 Å². The molecule has 0 radical (unpaired) electrons. The maximum atomic E-state index is 13.0. The number of carbonyl (C=O) groups is 4. The van der Waals surface area contributed by atoms with Crippen molar-refractivity contribution in [1.29, 1.82) is 0 Å². The summed E-state index contributed by atoms with van der Waals surface area (Å²) in [4.78, 5) is 50.9. The Morgan fingerprint density at radius 3 is 1.41 bits per heavy atom. The third-order valence-electron chi connectivity index (χ3n) is 12.3. The highest BCUT2D eigenvalue weighted by Gasteiger charge is 2.50. The number of ether oxygens (including phenoxy) is 5. The molecule has 0 aromatic rings. The Labute approximate surface area is 429 Å². The minimum Gasteiger partial charge on any atom is -0.479 e. The van der Waals surface area contributed by atoms with E-state index in [1.807, 2.05) is 0 Å². The summed E-state index contributed by atoms with van der Waals surface area (Å²) in [7, 11) is 0. The molecule has 406 valence electrons. The first kappa shape index (κ1) is 65.2. The Morgan fingerprint density at radius 1 is 0.479 bits per heavy atom. The molecule has 1 heterocycles. The Morgan fingerprint density at radius 2 is 0.887 bits per heavy atom. The lowest BCUT2D eigenvalue weighted by Crippen LogP contribution is -2.61. The summed E-state index contributed by atoms with van der Waals surface area (Å²) < 4.78 is 28.3. The van der Waals surface area contributed by atoms with Crippen LogP contribution in [0.1, 0.15) is 226 Å². The van der Waals surface area contributed by atoms with E-state index >= 15 is 0 Å². The van der Waals surface area contributed by atoms with Crippen LogP contribution in [0.15, 0.2) is 72.9 Å². The lowest BCUT2D eigenvalue weighted by Gasteiger charge is -2.40. The van der Waals surface area contributed by atoms with E-state index in [2.05, 4.69) is 93.7 Å². The second-order valence-electron chi connectivity index (χ2n) is 18.8. The molecular weight excluding hydrogens is 901 g/mol. The van der Waals surface area contributed by atoms with Gasteiger partial charge in [0.05, 0.1) is 6.61 Å². The first-order valence-electron chi connectivity index (χ1n) is 27.9. The Kier molecular flexibility index (Phi) is 43.3. The van der Waals surface area contributed by atoms with E-state index in [9.17, 15) is 34.5 Å². The minimum absolute atomic E-state index is 0.0464. The SMILES string of the molecule is CC/C=C\C/C=C\C/C=C\C/C=C\CCCCC(=O)OCC(COC1OC(C(=O)O)C(O)C(O)C1OC(=O)CCCCCCCCC/C=C\C/C=C\CCCCC)OC(=O)CCCCCCCCCCC. The molecule has 3 N–H and O–H groups in total. The van der Waals surface area contributed by atoms with Gasteiger partial charge in [-0.1, -0.05) is 190 Å². The zero-order chi connectivity index (χ0) is 51.8. The van der Waals surface area contributed by atoms with E-state index < -0.39 is 67.3 Å². The van der Waals surface area contributed by atoms with Gasteiger partial charge in [-0.15, -0.1) is 0 Å². The molecule has 12 nitrogen and oxygen atoms in total. The van der Waals surface area contributed by atoms with Crippen molar-refractivity contribution in [3.05, 3.63) is 72.9 Å². The van der Waals surface area contributed by atoms with Crippen LogP contribution in [0.5, 0.6) is 0 Å². The van der Waals surface area contributed by atoms with Crippen molar-refractivity contribution < 1.29 is 58.2 Å². The van der Waals surface area contributed by atoms with E-state index in [-0.39, 0.29) is 25.9 Å². The number of unbranched alkanes of at least 4 members (excludes halogenated alkanes) is 20. The van der Waals surface area contributed by atoms with Gasteiger partial charge in [-0.3, -0.25) is 14.4 Å². The number of carboxylic acid groups (broad SMARTS) is 1. The van der Waals surface area contributed by atoms with Gasteiger partial charge in [0.1, 0.15) is 18.8 Å². The van der Waals surface area contributed by atoms with Crippen LogP contribution in [0.4, 0.5) is 0 Å². The van der Waals surface area contributed by atoms with Crippen LogP contribution in [0, 0.1) is 0 Å². The van der Waals surface area contributed by atoms with E-state index in [1.165, 1.54) is 51.4 Å². The molecule has 0 spiro atoms. The molecule has 0 aliphatic carbocycles. The van der Waals surface area contributed by atoms with Gasteiger partial charge in [0.15, 0.2) is 24.6 Å². The standard InChI is InChI=1S/C59H98O12/c1-4-7-10-13-16-19-21-23-25-26-28-30-32-35-38-41-44-47-53(62)70-57-55(64)54(63)56(58(65)66)71-59(57)68-49-50(69-52(61)46-43-40-37-33-18-15-12-9-6-3)48-67-51(60)45-42-39-36-34-31-29-27-24-22-20-17-14-11-8-5-2/h8,11,16-17,19-20,23-25,27,31,34,50,54-57,59,63-64H,4-7,9-10,12-15,18,21-22,26,28-30,32-33,35-49H2,1-3H3,(H,65,66)/b11-8-,19-16-,20-17-,25-23-,27-24-,34-31-. The molecule has 0 bridgehead atoms. The van der Waals surface area contributed by atoms with Gasteiger partial charge in [-0.2, -0.15) is 0 Å². The Hall–Kier alpha value is -3.84. The van der Waals surface area contributed by atoms with Gasteiger partial charge in [0.25, 0.3) is 0 Å². The van der Waals surface area contributed by atoms with Crippen LogP contribution in [-0.2, 0) is 42.9 Å². The fourth-order valence-electron chi connectivity index (χ4n) is 7.98. The third kappa shape index (κ3) is 37.6. The molecule has 0 aromatic carbocycles. The van der Waals surface area contributed by atoms with Gasteiger partial charge >= 0.3 is 23.9 Å². The van der Waals surface area contributed by atoms with Crippen LogP contribution in [0.3, 0.4) is 0 Å². The molecule has 6 unspecified atom stereocenters. The molecule has 1 saturated heterocycles. The zero-order valence-electron chi connectivity index (χ0n) is 44.4. The van der Waals surface area contributed by atoms with Crippen molar-refractivity contribution >= 4 is 23.9 Å². The number of hydrogen-bond acceptors (Lipinski definition) is 11. The lowest BCUT2D eigenvalue weighted by atomic mass is 9.98. The van der Waals surface area contributed by atoms with Crippen LogP contribution >= 0.6 is 0 Å². The predicted molar refractivity (Wildman–Crippen MR) is 285 cm³/mol. The molecule has 1 aliphatic rings. The molecule has 0 aromatic heterocycles. The maximum Gasteiger partial charge on any atom is 0.335 e. The van der Waals surface area contributed by atoms with Crippen molar-refractivity contribution in [3.63, 3.8) is 0 Å². The molecule has 1 aliphatic heterocycles. The number of aliphatic carboxylic acids is 1. The molecule has 1 fully saturated rings. The van der Waals surface area contributed by atoms with E-state index in [0.29, 0.717) is 19.3 Å². The predicted octanol–water partition coefficient (Wildman–Crippen LogP) is 13.8. The van der Waals surface area contributed by atoms with Crippen LogP contribution < -0.4 is 0 Å². The second-order valence-corrected chi connectivity index (χ2v) is 18.8. The van der Waals surface area contributed by atoms with Crippen LogP contribution in [0.25, 0.3) is 0 Å². The monoisotopic (exact) mass is 999 g/mol. The highest BCUT2D eigenvalue weighted by molar-refractivity contribution is 5.74. The average Bonchev–Trinajstić information content (AvgIpc) is 3.35. The zero-order valence-corrected chi connectivity index (χ0v) is 44.4. The summed E-state index contributed by atoms with van der Waals surface area (Å²) in [5, 5.41) is 31.4. The first-order valence-corrected chi connectivity index (χ1v) is 27.9. The normalized spacial score (nSPS) is 19.0. The van der Waals surface area contributed by atoms with Crippen LogP contribution in [0.2, 0.25) is 0 Å². The van der Waals surface area contributed by atoms with E-state index in [1.54, 1.807) is 0 Å². The molecule has 6 atom stereocenters. The van der Waals surface area contributed by atoms with Gasteiger partial charge in [-0.05, 0) is 89.9 Å². The summed E-state index contributed by atoms with van der Waals surface area (Å²) in [6.45, 7) is 5.77. The van der Waals surface area contributed by atoms with E-state index in [0.717, 1.165) is 116 Å². The average molecular weight is 999 g/mol. The number of esters is 3. The number of hydrogen-bond donors (Lipinski definition) is 3. The number of carbonyl (C=O) groups excluding carboxylic acids is 3.